The van der Waals surface area contributed by atoms with Gasteiger partial charge in [-0.25, -0.2) is 4.79 Å². The third-order valence-corrected chi connectivity index (χ3v) is 4.42. The van der Waals surface area contributed by atoms with E-state index in [9.17, 15) is 9.59 Å². The number of aryl methyl sites for hydroxylation is 2. The molecular formula is C22H26N2O3. The van der Waals surface area contributed by atoms with Crippen LogP contribution < -0.4 is 10.6 Å². The molecule has 5 nitrogen and oxygen atoms in total. The van der Waals surface area contributed by atoms with Gasteiger partial charge in [-0.3, -0.25) is 4.79 Å². The highest BCUT2D eigenvalue weighted by atomic mass is 16.6. The fourth-order valence-corrected chi connectivity index (χ4v) is 3.24. The molecule has 0 spiro atoms. The Bertz CT molecular complexity index is 825. The van der Waals surface area contributed by atoms with Crippen molar-refractivity contribution in [1.82, 2.24) is 5.32 Å². The van der Waals surface area contributed by atoms with Crippen molar-refractivity contribution in [2.75, 3.05) is 5.32 Å². The van der Waals surface area contributed by atoms with Crippen LogP contribution in [-0.2, 0) is 22.4 Å². The Morgan fingerprint density at radius 2 is 1.70 bits per heavy atom. The van der Waals surface area contributed by atoms with E-state index in [2.05, 4.69) is 16.7 Å². The highest BCUT2D eigenvalue weighted by Crippen LogP contribution is 2.25. The molecule has 0 aliphatic heterocycles. The number of rotatable bonds is 4. The van der Waals surface area contributed by atoms with Gasteiger partial charge in [0.2, 0.25) is 0 Å². The maximum absolute atomic E-state index is 12.9. The molecule has 2 N–H and O–H groups in total. The number of amides is 2. The Kier molecular flexibility index (Phi) is 5.49. The zero-order chi connectivity index (χ0) is 19.4. The Balaban J connectivity index is 1.77. The lowest BCUT2D eigenvalue weighted by Crippen LogP contribution is -2.40. The number of anilines is 1. The first kappa shape index (κ1) is 19.0. The van der Waals surface area contributed by atoms with E-state index in [4.69, 9.17) is 4.74 Å². The van der Waals surface area contributed by atoms with Gasteiger partial charge in [0, 0.05) is 5.69 Å². The highest BCUT2D eigenvalue weighted by molar-refractivity contribution is 5.97. The second-order valence-corrected chi connectivity index (χ2v) is 7.82. The van der Waals surface area contributed by atoms with E-state index in [1.165, 1.54) is 11.1 Å². The molecule has 1 aliphatic rings. The first-order valence-electron chi connectivity index (χ1n) is 9.29. The van der Waals surface area contributed by atoms with Gasteiger partial charge in [-0.05, 0) is 68.9 Å². The van der Waals surface area contributed by atoms with Crippen molar-refractivity contribution >= 4 is 17.7 Å². The Morgan fingerprint density at radius 1 is 1.00 bits per heavy atom. The summed E-state index contributed by atoms with van der Waals surface area (Å²) in [6.07, 6.45) is 2.66. The number of hydrogen-bond donors (Lipinski definition) is 2. The summed E-state index contributed by atoms with van der Waals surface area (Å²) < 4.78 is 5.32. The van der Waals surface area contributed by atoms with Crippen LogP contribution in [0, 0.1) is 0 Å². The molecule has 0 fully saturated rings. The summed E-state index contributed by atoms with van der Waals surface area (Å²) in [4.78, 5) is 25.2. The first-order chi connectivity index (χ1) is 12.8. The number of benzene rings is 2. The fourth-order valence-electron chi connectivity index (χ4n) is 3.24. The van der Waals surface area contributed by atoms with Gasteiger partial charge in [0.1, 0.15) is 11.6 Å². The number of carbonyl (C=O) groups is 2. The summed E-state index contributed by atoms with van der Waals surface area (Å²) in [5.41, 5.74) is 3.43. The Labute approximate surface area is 160 Å². The van der Waals surface area contributed by atoms with Gasteiger partial charge in [0.15, 0.2) is 0 Å². The van der Waals surface area contributed by atoms with Crippen LogP contribution >= 0.6 is 0 Å². The van der Waals surface area contributed by atoms with E-state index in [1.54, 1.807) is 20.8 Å². The quantitative estimate of drug-likeness (QED) is 0.844. The van der Waals surface area contributed by atoms with E-state index < -0.39 is 17.7 Å². The monoisotopic (exact) mass is 366 g/mol. The minimum absolute atomic E-state index is 0.301. The lowest BCUT2D eigenvalue weighted by atomic mass is 10.1. The van der Waals surface area contributed by atoms with Crippen LogP contribution in [0.5, 0.6) is 0 Å². The molecule has 0 aromatic heterocycles. The predicted octanol–water partition coefficient (Wildman–Crippen LogP) is 4.38. The Morgan fingerprint density at radius 3 is 2.41 bits per heavy atom. The van der Waals surface area contributed by atoms with Crippen LogP contribution in [0.2, 0.25) is 0 Å². The average Bonchev–Trinajstić information content (AvgIpc) is 3.06. The molecule has 1 atom stereocenters. The van der Waals surface area contributed by atoms with Crippen molar-refractivity contribution in [3.63, 3.8) is 0 Å². The molecule has 5 heteroatoms. The van der Waals surface area contributed by atoms with Gasteiger partial charge in [-0.1, -0.05) is 36.4 Å². The molecule has 142 valence electrons. The van der Waals surface area contributed by atoms with Gasteiger partial charge < -0.3 is 15.4 Å². The minimum Gasteiger partial charge on any atom is -0.444 e. The fraction of sp³-hybridized carbons (Fsp3) is 0.364. The summed E-state index contributed by atoms with van der Waals surface area (Å²) in [6.45, 7) is 5.36. The second kappa shape index (κ2) is 7.82. The van der Waals surface area contributed by atoms with E-state index in [1.807, 2.05) is 42.5 Å². The normalized spacial score (nSPS) is 14.2. The number of hydrogen-bond acceptors (Lipinski definition) is 3. The summed E-state index contributed by atoms with van der Waals surface area (Å²) in [6, 6.07) is 14.3. The molecule has 0 saturated carbocycles. The van der Waals surface area contributed by atoms with Gasteiger partial charge in [-0.2, -0.15) is 0 Å². The molecule has 0 bridgehead atoms. The number of ether oxygens (including phenoxy) is 1. The molecule has 0 heterocycles. The molecular weight excluding hydrogens is 340 g/mol. The predicted molar refractivity (Wildman–Crippen MR) is 106 cm³/mol. The van der Waals surface area contributed by atoms with Crippen molar-refractivity contribution in [3.05, 3.63) is 65.2 Å². The van der Waals surface area contributed by atoms with Crippen molar-refractivity contribution in [3.8, 4) is 0 Å². The number of alkyl carbamates (subject to hydrolysis) is 1. The standard InChI is InChI=1S/C22H26N2O3/c1-22(2,3)27-21(26)24-19(16-8-5-4-6-9-16)20(25)23-18-13-12-15-10-7-11-17(15)14-18/h4-6,8-9,12-14,19H,7,10-11H2,1-3H3,(H,23,25)(H,24,26). The van der Waals surface area contributed by atoms with E-state index in [-0.39, 0.29) is 5.91 Å². The van der Waals surface area contributed by atoms with E-state index in [0.717, 1.165) is 24.9 Å². The van der Waals surface area contributed by atoms with Crippen molar-refractivity contribution in [2.45, 2.75) is 51.7 Å². The van der Waals surface area contributed by atoms with Crippen LogP contribution in [0.3, 0.4) is 0 Å². The van der Waals surface area contributed by atoms with Gasteiger partial charge in [0.05, 0.1) is 0 Å². The van der Waals surface area contributed by atoms with Crippen LogP contribution in [0.15, 0.2) is 48.5 Å². The second-order valence-electron chi connectivity index (χ2n) is 7.82. The summed E-state index contributed by atoms with van der Waals surface area (Å²) in [5.74, 6) is -0.301. The summed E-state index contributed by atoms with van der Waals surface area (Å²) in [7, 11) is 0. The van der Waals surface area contributed by atoms with Crippen LogP contribution in [-0.4, -0.2) is 17.6 Å². The minimum atomic E-state index is -0.839. The van der Waals surface area contributed by atoms with Crippen molar-refractivity contribution < 1.29 is 14.3 Å². The maximum atomic E-state index is 12.9. The number of carbonyl (C=O) groups excluding carboxylic acids is 2. The third kappa shape index (κ3) is 5.09. The summed E-state index contributed by atoms with van der Waals surface area (Å²) in [5, 5.41) is 5.62. The smallest absolute Gasteiger partial charge is 0.408 e. The Hall–Kier alpha value is -2.82. The third-order valence-electron chi connectivity index (χ3n) is 4.42. The lowest BCUT2D eigenvalue weighted by Gasteiger charge is -2.23. The number of nitrogens with one attached hydrogen (secondary N) is 2. The van der Waals surface area contributed by atoms with Crippen LogP contribution in [0.4, 0.5) is 10.5 Å². The molecule has 0 radical (unpaired) electrons. The molecule has 1 unspecified atom stereocenters. The van der Waals surface area contributed by atoms with Gasteiger partial charge >= 0.3 is 6.09 Å². The SMILES string of the molecule is CC(C)(C)OC(=O)NC(C(=O)Nc1ccc2c(c1)CCC2)c1ccccc1. The highest BCUT2D eigenvalue weighted by Gasteiger charge is 2.26. The van der Waals surface area contributed by atoms with Crippen LogP contribution in [0.1, 0.15) is 49.9 Å². The zero-order valence-corrected chi connectivity index (χ0v) is 16.0. The lowest BCUT2D eigenvalue weighted by molar-refractivity contribution is -0.118. The van der Waals surface area contributed by atoms with Crippen molar-refractivity contribution in [2.24, 2.45) is 0 Å². The molecule has 2 aromatic carbocycles. The molecule has 2 amide bonds. The van der Waals surface area contributed by atoms with E-state index in [0.29, 0.717) is 5.56 Å². The molecule has 0 saturated heterocycles. The van der Waals surface area contributed by atoms with E-state index >= 15 is 0 Å². The van der Waals surface area contributed by atoms with Crippen molar-refractivity contribution in [1.29, 1.82) is 0 Å². The topological polar surface area (TPSA) is 67.4 Å². The molecule has 3 rings (SSSR count). The molecule has 27 heavy (non-hydrogen) atoms. The first-order valence-corrected chi connectivity index (χ1v) is 9.29. The van der Waals surface area contributed by atoms with Gasteiger partial charge in [0.25, 0.3) is 5.91 Å². The molecule has 1 aliphatic carbocycles. The van der Waals surface area contributed by atoms with Crippen LogP contribution in [0.25, 0.3) is 0 Å². The van der Waals surface area contributed by atoms with Gasteiger partial charge in [-0.15, -0.1) is 0 Å². The molecule has 2 aromatic rings. The largest absolute Gasteiger partial charge is 0.444 e. The average molecular weight is 366 g/mol. The summed E-state index contributed by atoms with van der Waals surface area (Å²) >= 11 is 0. The maximum Gasteiger partial charge on any atom is 0.408 e. The zero-order valence-electron chi connectivity index (χ0n) is 16.0. The number of fused-ring (bicyclic) bond motifs is 1.